The van der Waals surface area contributed by atoms with Gasteiger partial charge < -0.3 is 20.8 Å². The molecule has 0 bridgehead atoms. The standard InChI is InChI=1S/C16H14N2O6S2/c19-12(20)6-5-10(15(23)24)17-13(21)9-3-1-8(2-4-9)7-11-14(22)18-16(25)26-11/h1-4,7,10H,5-6H2,(H,17,21)(H,19,20)(H,23,24)(H,18,22,25)/b11-7-/t10-/m0/s1. The Labute approximate surface area is 157 Å². The SMILES string of the molecule is O=C(O)CC[C@H](NC(=O)c1ccc(/C=C2\SC(=S)NC2=O)cc1)C(=O)O. The van der Waals surface area contributed by atoms with Gasteiger partial charge in [0.05, 0.1) is 4.91 Å². The predicted octanol–water partition coefficient (Wildman–Crippen LogP) is 1.22. The average Bonchev–Trinajstić information content (AvgIpc) is 2.88. The molecule has 1 heterocycles. The highest BCUT2D eigenvalue weighted by Crippen LogP contribution is 2.25. The van der Waals surface area contributed by atoms with Gasteiger partial charge in [-0.25, -0.2) is 4.79 Å². The topological polar surface area (TPSA) is 133 Å². The molecule has 0 aliphatic carbocycles. The average molecular weight is 394 g/mol. The molecule has 26 heavy (non-hydrogen) atoms. The van der Waals surface area contributed by atoms with Crippen molar-refractivity contribution < 1.29 is 29.4 Å². The lowest BCUT2D eigenvalue weighted by molar-refractivity contribution is -0.140. The normalized spacial score (nSPS) is 16.2. The van der Waals surface area contributed by atoms with Gasteiger partial charge in [0.2, 0.25) is 0 Å². The number of carbonyl (C=O) groups excluding carboxylic acids is 2. The number of thioether (sulfide) groups is 1. The Morgan fingerprint density at radius 1 is 1.23 bits per heavy atom. The van der Waals surface area contributed by atoms with Crippen molar-refractivity contribution >= 4 is 58.1 Å². The zero-order valence-corrected chi connectivity index (χ0v) is 14.9. The van der Waals surface area contributed by atoms with Gasteiger partial charge in [-0.05, 0) is 30.2 Å². The fourth-order valence-corrected chi connectivity index (χ4v) is 3.11. The maximum absolute atomic E-state index is 12.1. The van der Waals surface area contributed by atoms with Gasteiger partial charge in [-0.15, -0.1) is 0 Å². The number of benzene rings is 1. The third-order valence-corrected chi connectivity index (χ3v) is 4.53. The highest BCUT2D eigenvalue weighted by atomic mass is 32.2. The number of carboxylic acid groups (broad SMARTS) is 2. The van der Waals surface area contributed by atoms with Crippen LogP contribution in [0.2, 0.25) is 0 Å². The van der Waals surface area contributed by atoms with Gasteiger partial charge in [-0.1, -0.05) is 36.1 Å². The van der Waals surface area contributed by atoms with Crippen LogP contribution >= 0.6 is 24.0 Å². The maximum Gasteiger partial charge on any atom is 0.326 e. The molecule has 0 unspecified atom stereocenters. The van der Waals surface area contributed by atoms with Crippen molar-refractivity contribution in [3.8, 4) is 0 Å². The van der Waals surface area contributed by atoms with E-state index in [0.717, 1.165) is 11.8 Å². The van der Waals surface area contributed by atoms with Crippen molar-refractivity contribution in [2.45, 2.75) is 18.9 Å². The van der Waals surface area contributed by atoms with Crippen LogP contribution < -0.4 is 10.6 Å². The number of thiocarbonyl (C=S) groups is 1. The van der Waals surface area contributed by atoms with E-state index in [0.29, 0.717) is 14.8 Å². The van der Waals surface area contributed by atoms with Gasteiger partial charge in [0.25, 0.3) is 11.8 Å². The van der Waals surface area contributed by atoms with Crippen molar-refractivity contribution in [2.75, 3.05) is 0 Å². The first-order valence-corrected chi connectivity index (χ1v) is 8.59. The molecule has 1 saturated heterocycles. The highest BCUT2D eigenvalue weighted by molar-refractivity contribution is 8.26. The predicted molar refractivity (Wildman–Crippen MR) is 98.5 cm³/mol. The van der Waals surface area contributed by atoms with Crippen molar-refractivity contribution in [1.29, 1.82) is 0 Å². The first-order valence-electron chi connectivity index (χ1n) is 7.36. The summed E-state index contributed by atoms with van der Waals surface area (Å²) in [7, 11) is 0. The first-order chi connectivity index (χ1) is 12.3. The lowest BCUT2D eigenvalue weighted by atomic mass is 10.1. The molecule has 4 N–H and O–H groups in total. The van der Waals surface area contributed by atoms with Crippen LogP contribution in [0.1, 0.15) is 28.8 Å². The largest absolute Gasteiger partial charge is 0.481 e. The van der Waals surface area contributed by atoms with Crippen LogP contribution in [0.25, 0.3) is 6.08 Å². The van der Waals surface area contributed by atoms with Gasteiger partial charge in [0, 0.05) is 12.0 Å². The molecule has 2 amide bonds. The van der Waals surface area contributed by atoms with Crippen molar-refractivity contribution in [3.63, 3.8) is 0 Å². The molecule has 136 valence electrons. The van der Waals surface area contributed by atoms with E-state index in [9.17, 15) is 19.2 Å². The number of carbonyl (C=O) groups is 4. The smallest absolute Gasteiger partial charge is 0.326 e. The molecule has 8 nitrogen and oxygen atoms in total. The second-order valence-corrected chi connectivity index (χ2v) is 6.99. The Hall–Kier alpha value is -2.72. The third kappa shape index (κ3) is 5.39. The van der Waals surface area contributed by atoms with Gasteiger partial charge in [0.15, 0.2) is 0 Å². The summed E-state index contributed by atoms with van der Waals surface area (Å²) in [6.45, 7) is 0. The Morgan fingerprint density at radius 2 is 1.88 bits per heavy atom. The van der Waals surface area contributed by atoms with Crippen molar-refractivity contribution in [1.82, 2.24) is 10.6 Å². The first kappa shape index (κ1) is 19.6. The van der Waals surface area contributed by atoms with Crippen LogP contribution in [0.15, 0.2) is 29.2 Å². The molecule has 0 saturated carbocycles. The Bertz CT molecular complexity index is 803. The summed E-state index contributed by atoms with van der Waals surface area (Å²) in [6, 6.07) is 4.87. The molecule has 1 aromatic carbocycles. The lowest BCUT2D eigenvalue weighted by Crippen LogP contribution is -2.41. The van der Waals surface area contributed by atoms with Crippen molar-refractivity contribution in [3.05, 3.63) is 40.3 Å². The van der Waals surface area contributed by atoms with Gasteiger partial charge in [0.1, 0.15) is 10.4 Å². The minimum absolute atomic E-state index is 0.215. The number of aliphatic carboxylic acids is 2. The summed E-state index contributed by atoms with van der Waals surface area (Å²) >= 11 is 6.03. The van der Waals surface area contributed by atoms with Crippen LogP contribution in [-0.4, -0.2) is 44.3 Å². The van der Waals surface area contributed by atoms with E-state index >= 15 is 0 Å². The van der Waals surface area contributed by atoms with E-state index in [-0.39, 0.29) is 24.3 Å². The molecular weight excluding hydrogens is 380 g/mol. The van der Waals surface area contributed by atoms with Gasteiger partial charge in [-0.2, -0.15) is 0 Å². The summed E-state index contributed by atoms with van der Waals surface area (Å²) in [4.78, 5) is 45.9. The molecule has 1 aliphatic heterocycles. The number of carboxylic acids is 2. The third-order valence-electron chi connectivity index (χ3n) is 3.36. The molecular formula is C16H14N2O6S2. The molecule has 0 aromatic heterocycles. The maximum atomic E-state index is 12.1. The summed E-state index contributed by atoms with van der Waals surface area (Å²) in [6.07, 6.45) is 1.03. The minimum atomic E-state index is -1.30. The highest BCUT2D eigenvalue weighted by Gasteiger charge is 2.23. The van der Waals surface area contributed by atoms with Crippen LogP contribution in [0.5, 0.6) is 0 Å². The fraction of sp³-hybridized carbons (Fsp3) is 0.188. The molecule has 10 heteroatoms. The number of hydrogen-bond acceptors (Lipinski definition) is 6. The van der Waals surface area contributed by atoms with E-state index in [2.05, 4.69) is 10.6 Å². The Balaban J connectivity index is 2.04. The van der Waals surface area contributed by atoms with Crippen LogP contribution in [0, 0.1) is 0 Å². The fourth-order valence-electron chi connectivity index (χ4n) is 2.07. The van der Waals surface area contributed by atoms with Gasteiger partial charge in [-0.3, -0.25) is 14.4 Å². The van der Waals surface area contributed by atoms with Crippen molar-refractivity contribution in [2.24, 2.45) is 0 Å². The van der Waals surface area contributed by atoms with E-state index in [1.165, 1.54) is 12.1 Å². The Morgan fingerprint density at radius 3 is 2.38 bits per heavy atom. The zero-order valence-electron chi connectivity index (χ0n) is 13.2. The number of nitrogens with one attached hydrogen (secondary N) is 2. The Kier molecular flexibility index (Phi) is 6.47. The monoisotopic (exact) mass is 394 g/mol. The minimum Gasteiger partial charge on any atom is -0.481 e. The quantitative estimate of drug-likeness (QED) is 0.401. The zero-order chi connectivity index (χ0) is 19.3. The molecule has 0 spiro atoms. The van der Waals surface area contributed by atoms with Gasteiger partial charge >= 0.3 is 11.9 Å². The van der Waals surface area contributed by atoms with Crippen LogP contribution in [0.3, 0.4) is 0 Å². The van der Waals surface area contributed by atoms with Crippen LogP contribution in [0.4, 0.5) is 0 Å². The summed E-state index contributed by atoms with van der Waals surface area (Å²) in [5.74, 6) is -3.36. The van der Waals surface area contributed by atoms with E-state index in [1.807, 2.05) is 0 Å². The molecule has 1 fully saturated rings. The van der Waals surface area contributed by atoms with E-state index < -0.39 is 23.9 Å². The van der Waals surface area contributed by atoms with E-state index in [4.69, 9.17) is 22.4 Å². The summed E-state index contributed by atoms with van der Waals surface area (Å²) in [5, 5.41) is 22.5. The summed E-state index contributed by atoms with van der Waals surface area (Å²) in [5.41, 5.74) is 0.886. The second kappa shape index (κ2) is 8.59. The lowest BCUT2D eigenvalue weighted by Gasteiger charge is -2.13. The molecule has 1 aromatic rings. The number of hydrogen-bond donors (Lipinski definition) is 4. The number of amides is 2. The van der Waals surface area contributed by atoms with Crippen LogP contribution in [-0.2, 0) is 14.4 Å². The molecule has 0 radical (unpaired) electrons. The molecule has 1 aliphatic rings. The molecule has 2 rings (SSSR count). The van der Waals surface area contributed by atoms with E-state index in [1.54, 1.807) is 18.2 Å². The summed E-state index contributed by atoms with van der Waals surface area (Å²) < 4.78 is 0.373. The molecule has 1 atom stereocenters. The number of rotatable bonds is 7. The second-order valence-electron chi connectivity index (χ2n) is 5.27.